The molecule has 0 aromatic carbocycles. The van der Waals surface area contributed by atoms with Crippen molar-refractivity contribution in [3.63, 3.8) is 0 Å². The molecular weight excluding hydrogens is 256 g/mol. The lowest BCUT2D eigenvalue weighted by Crippen LogP contribution is -2.17. The Morgan fingerprint density at radius 3 is 2.95 bits per heavy atom. The lowest BCUT2D eigenvalue weighted by molar-refractivity contribution is 0.0697. The molecule has 0 aliphatic carbocycles. The van der Waals surface area contributed by atoms with Crippen molar-refractivity contribution in [1.29, 1.82) is 0 Å². The van der Waals surface area contributed by atoms with Crippen LogP contribution in [0.4, 0.5) is 5.69 Å². The zero-order valence-electron chi connectivity index (χ0n) is 11.8. The fourth-order valence-electron chi connectivity index (χ4n) is 2.28. The average molecular weight is 274 g/mol. The first-order chi connectivity index (χ1) is 9.45. The Balaban J connectivity index is 2.65. The van der Waals surface area contributed by atoms with Gasteiger partial charge in [0.15, 0.2) is 5.65 Å². The van der Waals surface area contributed by atoms with Gasteiger partial charge in [-0.15, -0.1) is 6.58 Å². The second-order valence-corrected chi connectivity index (χ2v) is 4.83. The van der Waals surface area contributed by atoms with E-state index in [1.807, 2.05) is 13.8 Å². The molecule has 1 unspecified atom stereocenters. The number of carbonyl (C=O) groups is 1. The van der Waals surface area contributed by atoms with E-state index in [1.54, 1.807) is 17.8 Å². The van der Waals surface area contributed by atoms with Gasteiger partial charge >= 0.3 is 5.97 Å². The van der Waals surface area contributed by atoms with Gasteiger partial charge in [0.2, 0.25) is 0 Å². The highest BCUT2D eigenvalue weighted by molar-refractivity contribution is 6.04. The highest BCUT2D eigenvalue weighted by Gasteiger charge is 2.20. The van der Waals surface area contributed by atoms with Gasteiger partial charge in [-0.1, -0.05) is 6.08 Å². The fraction of sp³-hybridized carbons (Fsp3) is 0.357. The number of aromatic nitrogens is 3. The molecule has 6 nitrogen and oxygen atoms in total. The van der Waals surface area contributed by atoms with Gasteiger partial charge in [-0.2, -0.15) is 5.10 Å². The molecule has 0 saturated heterocycles. The number of fused-ring (bicyclic) bond motifs is 1. The number of rotatable bonds is 5. The third-order valence-electron chi connectivity index (χ3n) is 3.17. The van der Waals surface area contributed by atoms with Crippen LogP contribution in [-0.4, -0.2) is 31.9 Å². The van der Waals surface area contributed by atoms with E-state index >= 15 is 0 Å². The highest BCUT2D eigenvalue weighted by atomic mass is 16.4. The zero-order valence-corrected chi connectivity index (χ0v) is 11.8. The molecule has 0 spiro atoms. The van der Waals surface area contributed by atoms with Crippen molar-refractivity contribution >= 4 is 22.7 Å². The van der Waals surface area contributed by atoms with Crippen LogP contribution in [0, 0.1) is 6.92 Å². The Labute approximate surface area is 117 Å². The number of hydrogen-bond donors (Lipinski definition) is 2. The SMILES string of the molecule is C=CCC(C)Nc1c(C(=O)O)cnc2c1c(C)nn2C. The number of aromatic carboxylic acids is 1. The number of hydrogen-bond acceptors (Lipinski definition) is 4. The van der Waals surface area contributed by atoms with Crippen molar-refractivity contribution in [1.82, 2.24) is 14.8 Å². The molecule has 0 aliphatic rings. The molecule has 1 atom stereocenters. The number of aryl methyl sites for hydroxylation is 2. The third-order valence-corrected chi connectivity index (χ3v) is 3.17. The molecule has 20 heavy (non-hydrogen) atoms. The van der Waals surface area contributed by atoms with E-state index in [0.717, 1.165) is 17.5 Å². The Bertz CT molecular complexity index is 675. The summed E-state index contributed by atoms with van der Waals surface area (Å²) in [5.41, 5.74) is 2.15. The molecule has 2 aromatic heterocycles. The first kappa shape index (κ1) is 14.0. The molecule has 2 heterocycles. The molecule has 0 radical (unpaired) electrons. The number of carboxylic acid groups (broad SMARTS) is 1. The molecule has 6 heteroatoms. The Hall–Kier alpha value is -2.37. The number of anilines is 1. The van der Waals surface area contributed by atoms with Crippen molar-refractivity contribution in [2.45, 2.75) is 26.3 Å². The molecule has 106 valence electrons. The summed E-state index contributed by atoms with van der Waals surface area (Å²) in [4.78, 5) is 15.6. The first-order valence-corrected chi connectivity index (χ1v) is 6.38. The minimum absolute atomic E-state index is 0.0795. The van der Waals surface area contributed by atoms with E-state index < -0.39 is 5.97 Å². The molecule has 0 bridgehead atoms. The van der Waals surface area contributed by atoms with E-state index in [2.05, 4.69) is 22.0 Å². The third kappa shape index (κ3) is 2.36. The van der Waals surface area contributed by atoms with Crippen LogP contribution in [0.15, 0.2) is 18.9 Å². The standard InChI is InChI=1S/C14H18N4O2/c1-5-6-8(2)16-12-10(14(19)20)7-15-13-11(12)9(3)17-18(13)4/h5,7-8H,1,6H2,2-4H3,(H,15,16)(H,19,20). The lowest BCUT2D eigenvalue weighted by Gasteiger charge is -2.16. The largest absolute Gasteiger partial charge is 0.478 e. The van der Waals surface area contributed by atoms with Gasteiger partial charge in [-0.3, -0.25) is 4.68 Å². The highest BCUT2D eigenvalue weighted by Crippen LogP contribution is 2.29. The van der Waals surface area contributed by atoms with Crippen LogP contribution in [0.1, 0.15) is 29.4 Å². The van der Waals surface area contributed by atoms with Gasteiger partial charge in [-0.05, 0) is 20.3 Å². The van der Waals surface area contributed by atoms with E-state index in [4.69, 9.17) is 0 Å². The lowest BCUT2D eigenvalue weighted by atomic mass is 10.1. The van der Waals surface area contributed by atoms with Crippen LogP contribution in [0.3, 0.4) is 0 Å². The molecule has 2 aromatic rings. The smallest absolute Gasteiger partial charge is 0.339 e. The Morgan fingerprint density at radius 1 is 1.65 bits per heavy atom. The molecular formula is C14H18N4O2. The molecule has 0 aliphatic heterocycles. The molecule has 0 fully saturated rings. The second kappa shape index (κ2) is 5.32. The van der Waals surface area contributed by atoms with Gasteiger partial charge < -0.3 is 10.4 Å². The molecule has 2 rings (SSSR count). The molecule has 2 N–H and O–H groups in total. The summed E-state index contributed by atoms with van der Waals surface area (Å²) >= 11 is 0. The Kier molecular flexibility index (Phi) is 3.74. The van der Waals surface area contributed by atoms with Crippen molar-refractivity contribution in [2.75, 3.05) is 5.32 Å². The van der Waals surface area contributed by atoms with Crippen LogP contribution >= 0.6 is 0 Å². The van der Waals surface area contributed by atoms with Crippen LogP contribution in [0.5, 0.6) is 0 Å². The number of nitrogens with zero attached hydrogens (tertiary/aromatic N) is 3. The van der Waals surface area contributed by atoms with E-state index in [1.165, 1.54) is 6.20 Å². The topological polar surface area (TPSA) is 80.0 Å². The van der Waals surface area contributed by atoms with Crippen LogP contribution in [0.25, 0.3) is 11.0 Å². The normalized spacial score (nSPS) is 12.3. The summed E-state index contributed by atoms with van der Waals surface area (Å²) in [6.45, 7) is 7.52. The summed E-state index contributed by atoms with van der Waals surface area (Å²) in [6, 6.07) is 0.0795. The second-order valence-electron chi connectivity index (χ2n) is 4.83. The monoisotopic (exact) mass is 274 g/mol. The summed E-state index contributed by atoms with van der Waals surface area (Å²) in [5.74, 6) is -1.00. The summed E-state index contributed by atoms with van der Waals surface area (Å²) in [6.07, 6.45) is 3.91. The summed E-state index contributed by atoms with van der Waals surface area (Å²) < 4.78 is 1.65. The van der Waals surface area contributed by atoms with Gasteiger partial charge in [0.25, 0.3) is 0 Å². The number of pyridine rings is 1. The minimum atomic E-state index is -1.00. The first-order valence-electron chi connectivity index (χ1n) is 6.38. The fourth-order valence-corrected chi connectivity index (χ4v) is 2.28. The summed E-state index contributed by atoms with van der Waals surface area (Å²) in [7, 11) is 1.79. The Morgan fingerprint density at radius 2 is 2.35 bits per heavy atom. The molecule has 0 amide bonds. The van der Waals surface area contributed by atoms with E-state index in [-0.39, 0.29) is 11.6 Å². The predicted octanol–water partition coefficient (Wildman–Crippen LogP) is 2.35. The maximum absolute atomic E-state index is 11.4. The minimum Gasteiger partial charge on any atom is -0.478 e. The van der Waals surface area contributed by atoms with Gasteiger partial charge in [0, 0.05) is 19.3 Å². The zero-order chi connectivity index (χ0) is 14.9. The van der Waals surface area contributed by atoms with E-state index in [9.17, 15) is 9.90 Å². The number of carboxylic acids is 1. The van der Waals surface area contributed by atoms with Gasteiger partial charge in [-0.25, -0.2) is 9.78 Å². The van der Waals surface area contributed by atoms with Crippen molar-refractivity contribution in [3.8, 4) is 0 Å². The maximum atomic E-state index is 11.4. The van der Waals surface area contributed by atoms with Crippen LogP contribution in [0.2, 0.25) is 0 Å². The van der Waals surface area contributed by atoms with Crippen LogP contribution in [-0.2, 0) is 7.05 Å². The maximum Gasteiger partial charge on any atom is 0.339 e. The molecule has 0 saturated carbocycles. The van der Waals surface area contributed by atoms with Gasteiger partial charge in [0.05, 0.1) is 16.8 Å². The van der Waals surface area contributed by atoms with Gasteiger partial charge in [0.1, 0.15) is 5.56 Å². The predicted molar refractivity (Wildman–Crippen MR) is 78.1 cm³/mol. The van der Waals surface area contributed by atoms with Crippen molar-refractivity contribution in [2.24, 2.45) is 7.05 Å². The number of nitrogens with one attached hydrogen (secondary N) is 1. The quantitative estimate of drug-likeness (QED) is 0.818. The van der Waals surface area contributed by atoms with Crippen molar-refractivity contribution in [3.05, 3.63) is 30.1 Å². The average Bonchev–Trinajstić information content (AvgIpc) is 2.65. The van der Waals surface area contributed by atoms with Crippen LogP contribution < -0.4 is 5.32 Å². The van der Waals surface area contributed by atoms with Crippen molar-refractivity contribution < 1.29 is 9.90 Å². The van der Waals surface area contributed by atoms with E-state index in [0.29, 0.717) is 11.3 Å². The summed E-state index contributed by atoms with van der Waals surface area (Å²) in [5, 5.41) is 17.6.